The molecule has 4 aromatic carbocycles. The summed E-state index contributed by atoms with van der Waals surface area (Å²) in [5.41, 5.74) is 4.87. The van der Waals surface area contributed by atoms with Gasteiger partial charge in [0.2, 0.25) is 0 Å². The van der Waals surface area contributed by atoms with Crippen LogP contribution in [-0.2, 0) is 25.6 Å². The van der Waals surface area contributed by atoms with Crippen molar-refractivity contribution < 1.29 is 19.1 Å². The maximum Gasteiger partial charge on any atom is 0.308 e. The lowest BCUT2D eigenvalue weighted by molar-refractivity contribution is -0.156. The molecule has 4 atom stereocenters. The molecule has 270 valence electrons. The molecular weight excluding hydrogens is 633 g/mol. The summed E-state index contributed by atoms with van der Waals surface area (Å²) < 4.78 is 11.6. The number of esters is 2. The lowest BCUT2D eigenvalue weighted by atomic mass is 9.93. The van der Waals surface area contributed by atoms with Gasteiger partial charge in [-0.15, -0.1) is 6.58 Å². The Balaban J connectivity index is 1.79. The van der Waals surface area contributed by atoms with Crippen molar-refractivity contribution in [3.8, 4) is 0 Å². The molecule has 0 N–H and O–H groups in total. The molecule has 0 unspecified atom stereocenters. The number of hydrogen-bond acceptors (Lipinski definition) is 6. The minimum absolute atomic E-state index is 0.00217. The van der Waals surface area contributed by atoms with E-state index in [0.29, 0.717) is 13.1 Å². The number of nitrogens with zero attached hydrogens (tertiary/aromatic N) is 2. The molecule has 4 rings (SSSR count). The Morgan fingerprint density at radius 1 is 0.627 bits per heavy atom. The van der Waals surface area contributed by atoms with Crippen molar-refractivity contribution in [1.82, 2.24) is 9.80 Å². The van der Waals surface area contributed by atoms with Gasteiger partial charge in [-0.2, -0.15) is 0 Å². The first-order valence-corrected chi connectivity index (χ1v) is 18.1. The van der Waals surface area contributed by atoms with Gasteiger partial charge < -0.3 is 9.47 Å². The third-order valence-corrected chi connectivity index (χ3v) is 9.12. The van der Waals surface area contributed by atoms with E-state index in [9.17, 15) is 9.59 Å². The van der Waals surface area contributed by atoms with Crippen LogP contribution in [-0.4, -0.2) is 40.0 Å². The number of rotatable bonds is 17. The summed E-state index contributed by atoms with van der Waals surface area (Å²) in [5, 5.41) is 0. The Morgan fingerprint density at radius 2 is 1.06 bits per heavy atom. The van der Waals surface area contributed by atoms with Crippen molar-refractivity contribution in [2.45, 2.75) is 104 Å². The standard InChI is InChI=1S/C45H56N2O4/c1-9-29-46(34(4)37-21-15-11-16-22-37)41(31-44(49)51-45(6,7)8)39-25-27-40(28-26-39)42(30-43(48)50-33(2)3)47(32-36-19-13-10-14-20-36)35(5)38-23-17-12-18-24-38/h9-28,33-35,41-42H,1,29-32H2,2-8H3/t34-,35+,41+,42-/m0/s1. The molecule has 0 radical (unpaired) electrons. The Kier molecular flexibility index (Phi) is 14.4. The van der Waals surface area contributed by atoms with Crippen LogP contribution in [0.4, 0.5) is 0 Å². The largest absolute Gasteiger partial charge is 0.463 e. The topological polar surface area (TPSA) is 59.1 Å². The van der Waals surface area contributed by atoms with Gasteiger partial charge in [0.25, 0.3) is 0 Å². The summed E-state index contributed by atoms with van der Waals surface area (Å²) in [6, 6.07) is 39.0. The van der Waals surface area contributed by atoms with Crippen molar-refractivity contribution in [1.29, 1.82) is 0 Å². The fourth-order valence-electron chi connectivity index (χ4n) is 6.67. The van der Waals surface area contributed by atoms with E-state index >= 15 is 0 Å². The normalized spacial score (nSPS) is 14.2. The van der Waals surface area contributed by atoms with E-state index in [0.717, 1.165) is 22.3 Å². The zero-order valence-corrected chi connectivity index (χ0v) is 31.5. The predicted molar refractivity (Wildman–Crippen MR) is 207 cm³/mol. The summed E-state index contributed by atoms with van der Waals surface area (Å²) in [4.78, 5) is 31.5. The van der Waals surface area contributed by atoms with Crippen LogP contribution in [0.1, 0.15) is 113 Å². The van der Waals surface area contributed by atoms with Crippen LogP contribution in [0, 0.1) is 0 Å². The van der Waals surface area contributed by atoms with Crippen LogP contribution < -0.4 is 0 Å². The SMILES string of the molecule is C=CCN([C@H](CC(=O)OC(C)(C)C)c1ccc([C@H](CC(=O)OC(C)C)N(Cc2ccccc2)[C@H](C)c2ccccc2)cc1)[C@@H](C)c1ccccc1. The highest BCUT2D eigenvalue weighted by Gasteiger charge is 2.32. The molecule has 6 heteroatoms. The number of carbonyl (C=O) groups excluding carboxylic acids is 2. The molecule has 0 amide bonds. The zero-order chi connectivity index (χ0) is 37.0. The smallest absolute Gasteiger partial charge is 0.308 e. The van der Waals surface area contributed by atoms with E-state index in [1.165, 1.54) is 5.56 Å². The summed E-state index contributed by atoms with van der Waals surface area (Å²) in [7, 11) is 0. The number of hydrogen-bond donors (Lipinski definition) is 0. The minimum atomic E-state index is -0.602. The first kappa shape index (κ1) is 39.3. The highest BCUT2D eigenvalue weighted by Crippen LogP contribution is 2.38. The molecule has 0 aromatic heterocycles. The van der Waals surface area contributed by atoms with Crippen molar-refractivity contribution in [2.75, 3.05) is 6.54 Å². The van der Waals surface area contributed by atoms with Crippen LogP contribution in [0.2, 0.25) is 0 Å². The maximum atomic E-state index is 13.4. The molecule has 51 heavy (non-hydrogen) atoms. The summed E-state index contributed by atoms with van der Waals surface area (Å²) >= 11 is 0. The molecular formula is C45H56N2O4. The van der Waals surface area contributed by atoms with Gasteiger partial charge in [0.1, 0.15) is 5.60 Å². The highest BCUT2D eigenvalue weighted by atomic mass is 16.6. The molecule has 0 heterocycles. The second kappa shape index (κ2) is 18.6. The second-order valence-electron chi connectivity index (χ2n) is 14.5. The third-order valence-electron chi connectivity index (χ3n) is 9.12. The monoisotopic (exact) mass is 688 g/mol. The van der Waals surface area contributed by atoms with Crippen molar-refractivity contribution >= 4 is 11.9 Å². The van der Waals surface area contributed by atoms with E-state index in [2.05, 4.69) is 103 Å². The summed E-state index contributed by atoms with van der Waals surface area (Å²) in [5.74, 6) is -0.500. The third kappa shape index (κ3) is 11.8. The molecule has 0 bridgehead atoms. The van der Waals surface area contributed by atoms with Gasteiger partial charge in [-0.1, -0.05) is 121 Å². The van der Waals surface area contributed by atoms with Crippen molar-refractivity contribution in [3.05, 3.63) is 156 Å². The summed E-state index contributed by atoms with van der Waals surface area (Å²) in [6.45, 7) is 19.1. The maximum absolute atomic E-state index is 13.4. The lowest BCUT2D eigenvalue weighted by Crippen LogP contribution is -2.35. The van der Waals surface area contributed by atoms with Crippen molar-refractivity contribution in [2.24, 2.45) is 0 Å². The fraction of sp³-hybridized carbons (Fsp3) is 0.378. The van der Waals surface area contributed by atoms with Gasteiger partial charge in [0, 0.05) is 37.3 Å². The average Bonchev–Trinajstić information content (AvgIpc) is 3.11. The Morgan fingerprint density at radius 3 is 1.51 bits per heavy atom. The molecule has 0 spiro atoms. The van der Waals surface area contributed by atoms with Crippen molar-refractivity contribution in [3.63, 3.8) is 0 Å². The van der Waals surface area contributed by atoms with E-state index in [1.54, 1.807) is 0 Å². The van der Waals surface area contributed by atoms with E-state index in [1.807, 2.05) is 83.2 Å². The first-order chi connectivity index (χ1) is 24.4. The number of ether oxygens (including phenoxy) is 2. The van der Waals surface area contributed by atoms with Gasteiger partial charge in [-0.05, 0) is 76.3 Å². The van der Waals surface area contributed by atoms with Crippen LogP contribution in [0.15, 0.2) is 128 Å². The molecule has 0 saturated heterocycles. The number of benzene rings is 4. The van der Waals surface area contributed by atoms with Gasteiger partial charge in [-0.3, -0.25) is 19.4 Å². The highest BCUT2D eigenvalue weighted by molar-refractivity contribution is 5.71. The predicted octanol–water partition coefficient (Wildman–Crippen LogP) is 10.4. The van der Waals surface area contributed by atoms with E-state index in [4.69, 9.17) is 9.47 Å². The van der Waals surface area contributed by atoms with Gasteiger partial charge in [0.05, 0.1) is 18.9 Å². The summed E-state index contributed by atoms with van der Waals surface area (Å²) in [6.07, 6.45) is 2.04. The Hall–Kier alpha value is -4.52. The fourth-order valence-corrected chi connectivity index (χ4v) is 6.67. The first-order valence-electron chi connectivity index (χ1n) is 18.1. The van der Waals surface area contributed by atoms with Crippen LogP contribution in [0.25, 0.3) is 0 Å². The zero-order valence-electron chi connectivity index (χ0n) is 31.5. The van der Waals surface area contributed by atoms with Crippen LogP contribution in [0.5, 0.6) is 0 Å². The Bertz CT molecular complexity index is 1650. The molecule has 0 aliphatic carbocycles. The molecule has 4 aromatic rings. The van der Waals surface area contributed by atoms with E-state index < -0.39 is 5.60 Å². The minimum Gasteiger partial charge on any atom is -0.463 e. The van der Waals surface area contributed by atoms with Gasteiger partial charge in [-0.25, -0.2) is 0 Å². The van der Waals surface area contributed by atoms with Gasteiger partial charge >= 0.3 is 11.9 Å². The van der Waals surface area contributed by atoms with Crippen LogP contribution in [0.3, 0.4) is 0 Å². The van der Waals surface area contributed by atoms with Gasteiger partial charge in [0.15, 0.2) is 0 Å². The van der Waals surface area contributed by atoms with Crippen LogP contribution >= 0.6 is 0 Å². The van der Waals surface area contributed by atoms with E-state index in [-0.39, 0.29) is 55.1 Å². The average molecular weight is 689 g/mol. The quantitative estimate of drug-likeness (QED) is 0.0813. The Labute approximate surface area is 306 Å². The number of carbonyl (C=O) groups is 2. The molecule has 0 fully saturated rings. The molecule has 0 saturated carbocycles. The second-order valence-corrected chi connectivity index (χ2v) is 14.5. The molecule has 0 aliphatic heterocycles. The lowest BCUT2D eigenvalue weighted by Gasteiger charge is -2.38. The molecule has 6 nitrogen and oxygen atoms in total. The molecule has 0 aliphatic rings.